The number of halogens is 1. The Morgan fingerprint density at radius 1 is 1.03 bits per heavy atom. The summed E-state index contributed by atoms with van der Waals surface area (Å²) < 4.78 is 2.78. The van der Waals surface area contributed by atoms with Gasteiger partial charge in [-0.1, -0.05) is 36.4 Å². The maximum atomic E-state index is 12.5. The molecule has 0 spiro atoms. The van der Waals surface area contributed by atoms with Crippen molar-refractivity contribution in [2.45, 2.75) is 13.5 Å². The van der Waals surface area contributed by atoms with E-state index in [1.807, 2.05) is 35.8 Å². The van der Waals surface area contributed by atoms with Gasteiger partial charge < -0.3 is 4.57 Å². The average Bonchev–Trinajstić information content (AvgIpc) is 2.97. The molecule has 0 unspecified atom stereocenters. The molecule has 2 aromatic heterocycles. The van der Waals surface area contributed by atoms with Crippen LogP contribution < -0.4 is 16.4 Å². The first-order chi connectivity index (χ1) is 14.0. The van der Waals surface area contributed by atoms with Crippen LogP contribution in [0, 0.1) is 6.92 Å². The molecule has 4 rings (SSSR count). The molecule has 146 valence electrons. The maximum Gasteiger partial charge on any atom is 0.290 e. The zero-order valence-electron chi connectivity index (χ0n) is 15.3. The van der Waals surface area contributed by atoms with Gasteiger partial charge in [-0.05, 0) is 35.0 Å². The number of hydrogen-bond donors (Lipinski definition) is 3. The van der Waals surface area contributed by atoms with Crippen LogP contribution in [-0.2, 0) is 11.3 Å². The van der Waals surface area contributed by atoms with Gasteiger partial charge in [-0.15, -0.1) is 0 Å². The highest BCUT2D eigenvalue weighted by molar-refractivity contribution is 9.10. The number of amides is 2. The van der Waals surface area contributed by atoms with Gasteiger partial charge in [0.05, 0.1) is 5.39 Å². The van der Waals surface area contributed by atoms with Crippen molar-refractivity contribution in [1.82, 2.24) is 25.6 Å². The molecule has 29 heavy (non-hydrogen) atoms. The molecule has 0 aliphatic heterocycles. The molecular weight excluding hydrogens is 438 g/mol. The van der Waals surface area contributed by atoms with E-state index in [2.05, 4.69) is 37.0 Å². The van der Waals surface area contributed by atoms with Gasteiger partial charge in [0, 0.05) is 26.5 Å². The van der Waals surface area contributed by atoms with Gasteiger partial charge >= 0.3 is 0 Å². The summed E-state index contributed by atoms with van der Waals surface area (Å²) in [5.74, 6) is -1.02. The van der Waals surface area contributed by atoms with Crippen molar-refractivity contribution in [3.05, 3.63) is 74.7 Å². The molecule has 2 heterocycles. The molecule has 0 saturated carbocycles. The summed E-state index contributed by atoms with van der Waals surface area (Å²) in [5.41, 5.74) is 6.20. The van der Waals surface area contributed by atoms with Crippen molar-refractivity contribution in [3.8, 4) is 0 Å². The van der Waals surface area contributed by atoms with E-state index < -0.39 is 11.8 Å². The van der Waals surface area contributed by atoms with E-state index in [0.29, 0.717) is 10.8 Å². The van der Waals surface area contributed by atoms with Crippen molar-refractivity contribution in [2.24, 2.45) is 0 Å². The first-order valence-electron chi connectivity index (χ1n) is 8.77. The summed E-state index contributed by atoms with van der Waals surface area (Å²) in [6.45, 7) is 1.93. The monoisotopic (exact) mass is 453 g/mol. The fraction of sp³-hybridized carbons (Fsp3) is 0.100. The average molecular weight is 454 g/mol. The lowest BCUT2D eigenvalue weighted by atomic mass is 10.1. The molecule has 0 aliphatic carbocycles. The molecule has 8 nitrogen and oxygen atoms in total. The van der Waals surface area contributed by atoms with Crippen LogP contribution in [0.4, 0.5) is 0 Å². The van der Waals surface area contributed by atoms with Crippen molar-refractivity contribution in [2.75, 3.05) is 0 Å². The zero-order chi connectivity index (χ0) is 20.5. The Morgan fingerprint density at radius 3 is 2.45 bits per heavy atom. The van der Waals surface area contributed by atoms with Gasteiger partial charge in [0.2, 0.25) is 0 Å². The van der Waals surface area contributed by atoms with Crippen LogP contribution in [0.25, 0.3) is 21.7 Å². The van der Waals surface area contributed by atoms with E-state index in [9.17, 15) is 14.4 Å². The number of aromatic amines is 1. The summed E-state index contributed by atoms with van der Waals surface area (Å²) in [6, 6.07) is 14.4. The molecule has 0 saturated heterocycles. The number of rotatable bonds is 3. The lowest BCUT2D eigenvalue weighted by Crippen LogP contribution is -2.43. The van der Waals surface area contributed by atoms with Crippen molar-refractivity contribution in [3.63, 3.8) is 0 Å². The van der Waals surface area contributed by atoms with E-state index in [4.69, 9.17) is 0 Å². The van der Waals surface area contributed by atoms with E-state index >= 15 is 0 Å². The molecule has 2 aromatic carbocycles. The number of nitrogens with zero attached hydrogens (tertiary/aromatic N) is 2. The number of hydrazine groups is 1. The highest BCUT2D eigenvalue weighted by Crippen LogP contribution is 2.30. The molecular formula is C20H16BrN5O3. The van der Waals surface area contributed by atoms with Crippen LogP contribution in [0.1, 0.15) is 16.2 Å². The fourth-order valence-corrected chi connectivity index (χ4v) is 3.80. The number of aromatic nitrogens is 3. The van der Waals surface area contributed by atoms with Crippen LogP contribution in [0.2, 0.25) is 0 Å². The van der Waals surface area contributed by atoms with E-state index in [0.717, 1.165) is 21.1 Å². The largest absolute Gasteiger partial charge is 0.334 e. The predicted octanol–water partition coefficient (Wildman–Crippen LogP) is 2.41. The van der Waals surface area contributed by atoms with Crippen molar-refractivity contribution < 1.29 is 9.59 Å². The maximum absolute atomic E-state index is 12.5. The second-order valence-corrected chi connectivity index (χ2v) is 7.24. The minimum absolute atomic E-state index is 0.0193. The Hall–Kier alpha value is -3.46. The van der Waals surface area contributed by atoms with Crippen LogP contribution in [0.5, 0.6) is 0 Å². The van der Waals surface area contributed by atoms with E-state index in [-0.39, 0.29) is 17.8 Å². The van der Waals surface area contributed by atoms with Crippen LogP contribution in [0.3, 0.4) is 0 Å². The highest BCUT2D eigenvalue weighted by atomic mass is 79.9. The Morgan fingerprint density at radius 2 is 1.69 bits per heavy atom. The smallest absolute Gasteiger partial charge is 0.290 e. The Labute approximate surface area is 173 Å². The Bertz CT molecular complexity index is 1320. The number of nitrogens with one attached hydrogen (secondary N) is 3. The molecule has 0 radical (unpaired) electrons. The molecule has 0 aliphatic rings. The summed E-state index contributed by atoms with van der Waals surface area (Å²) in [4.78, 5) is 36.8. The Balaban J connectivity index is 1.51. The third-order valence-corrected chi connectivity index (χ3v) is 5.68. The van der Waals surface area contributed by atoms with E-state index in [1.54, 1.807) is 24.3 Å². The van der Waals surface area contributed by atoms with Crippen molar-refractivity contribution >= 4 is 49.4 Å². The number of hydrogen-bond acceptors (Lipinski definition) is 4. The van der Waals surface area contributed by atoms with Crippen LogP contribution in [0.15, 0.2) is 57.8 Å². The molecule has 0 bridgehead atoms. The van der Waals surface area contributed by atoms with Gasteiger partial charge in [0.15, 0.2) is 5.69 Å². The van der Waals surface area contributed by atoms with Gasteiger partial charge in [-0.3, -0.25) is 25.2 Å². The van der Waals surface area contributed by atoms with Crippen LogP contribution >= 0.6 is 15.9 Å². The summed E-state index contributed by atoms with van der Waals surface area (Å²) in [5, 5.41) is 7.86. The molecule has 0 atom stereocenters. The number of H-pyrrole nitrogens is 1. The lowest BCUT2D eigenvalue weighted by Gasteiger charge is -2.11. The zero-order valence-corrected chi connectivity index (χ0v) is 16.9. The van der Waals surface area contributed by atoms with Gasteiger partial charge in [0.1, 0.15) is 6.54 Å². The summed E-state index contributed by atoms with van der Waals surface area (Å²) >= 11 is 3.55. The quantitative estimate of drug-likeness (QED) is 0.413. The van der Waals surface area contributed by atoms with Gasteiger partial charge in [0.25, 0.3) is 17.4 Å². The normalized spacial score (nSPS) is 11.0. The first kappa shape index (κ1) is 18.9. The SMILES string of the molecule is Cc1c(Br)c2ccccc2n1CC(=O)NNC(=O)c1n[nH]c(=O)c2ccccc12. The molecule has 3 N–H and O–H groups in total. The molecule has 4 aromatic rings. The third kappa shape index (κ3) is 3.40. The number of fused-ring (bicyclic) bond motifs is 2. The summed E-state index contributed by atoms with van der Waals surface area (Å²) in [6.07, 6.45) is 0. The summed E-state index contributed by atoms with van der Waals surface area (Å²) in [7, 11) is 0. The minimum atomic E-state index is -0.624. The van der Waals surface area contributed by atoms with Gasteiger partial charge in [-0.25, -0.2) is 5.10 Å². The topological polar surface area (TPSA) is 109 Å². The highest BCUT2D eigenvalue weighted by Gasteiger charge is 2.17. The second-order valence-electron chi connectivity index (χ2n) is 6.45. The minimum Gasteiger partial charge on any atom is -0.334 e. The van der Waals surface area contributed by atoms with Gasteiger partial charge in [-0.2, -0.15) is 5.10 Å². The number of carbonyl (C=O) groups excluding carboxylic acids is 2. The number of carbonyl (C=O) groups is 2. The third-order valence-electron chi connectivity index (χ3n) is 4.68. The molecule has 0 fully saturated rings. The molecule has 2 amide bonds. The molecule has 9 heteroatoms. The fourth-order valence-electron chi connectivity index (χ4n) is 3.25. The second kappa shape index (κ2) is 7.51. The van der Waals surface area contributed by atoms with Crippen molar-refractivity contribution in [1.29, 1.82) is 0 Å². The van der Waals surface area contributed by atoms with E-state index in [1.165, 1.54) is 0 Å². The number of para-hydroxylation sites is 1. The number of benzene rings is 2. The lowest BCUT2D eigenvalue weighted by molar-refractivity contribution is -0.122. The predicted molar refractivity (Wildman–Crippen MR) is 112 cm³/mol. The first-order valence-corrected chi connectivity index (χ1v) is 9.56. The Kier molecular flexibility index (Phi) is 4.89. The van der Waals surface area contributed by atoms with Crippen LogP contribution in [-0.4, -0.2) is 26.6 Å². The standard InChI is InChI=1S/C20H16BrN5O3/c1-11-17(21)14-8-4-5-9-15(14)26(11)10-16(27)22-25-20(29)18-12-6-2-3-7-13(12)19(28)24-23-18/h2-9H,10H2,1H3,(H,22,27)(H,24,28)(H,25,29).